The molecule has 1 amide bonds. The Hall–Kier alpha value is -2.21. The van der Waals surface area contributed by atoms with E-state index in [1.807, 2.05) is 30.9 Å². The van der Waals surface area contributed by atoms with Gasteiger partial charge in [-0.25, -0.2) is 0 Å². The number of hydrogen-bond acceptors (Lipinski definition) is 4. The zero-order valence-electron chi connectivity index (χ0n) is 17.5. The molecule has 1 unspecified atom stereocenters. The number of aryl methyl sites for hydroxylation is 2. The molecule has 2 aromatic rings. The highest BCUT2D eigenvalue weighted by Gasteiger charge is 2.31. The quantitative estimate of drug-likeness (QED) is 0.820. The van der Waals surface area contributed by atoms with Gasteiger partial charge in [0, 0.05) is 50.1 Å². The maximum absolute atomic E-state index is 13.1. The lowest BCUT2D eigenvalue weighted by molar-refractivity contribution is 0.0758. The third kappa shape index (κ3) is 3.70. The first kappa shape index (κ1) is 19.1. The molecule has 3 heterocycles. The van der Waals surface area contributed by atoms with Gasteiger partial charge < -0.3 is 14.4 Å². The summed E-state index contributed by atoms with van der Waals surface area (Å²) in [5.41, 5.74) is 3.06. The highest BCUT2D eigenvalue weighted by atomic mass is 16.2. The summed E-state index contributed by atoms with van der Waals surface area (Å²) in [6.07, 6.45) is 1.91. The molecular weight excluding hydrogens is 350 g/mol. The minimum atomic E-state index is 0.124. The highest BCUT2D eigenvalue weighted by Crippen LogP contribution is 2.28. The predicted octanol–water partition coefficient (Wildman–Crippen LogP) is 2.79. The Morgan fingerprint density at radius 1 is 1.04 bits per heavy atom. The Kier molecular flexibility index (Phi) is 5.23. The smallest absolute Gasteiger partial charge is 0.253 e. The molecule has 1 atom stereocenters. The molecule has 2 aliphatic heterocycles. The molecule has 2 aliphatic rings. The summed E-state index contributed by atoms with van der Waals surface area (Å²) < 4.78 is 2.28. The fourth-order valence-electron chi connectivity index (χ4n) is 4.60. The summed E-state index contributed by atoms with van der Waals surface area (Å²) in [6.45, 7) is 13.0. The van der Waals surface area contributed by atoms with Crippen molar-refractivity contribution in [1.29, 1.82) is 0 Å². The van der Waals surface area contributed by atoms with Crippen molar-refractivity contribution >= 4 is 5.91 Å². The lowest BCUT2D eigenvalue weighted by Crippen LogP contribution is -2.34. The first-order chi connectivity index (χ1) is 13.4. The normalized spacial score (nSPS) is 20.5. The summed E-state index contributed by atoms with van der Waals surface area (Å²) in [7, 11) is 0. The van der Waals surface area contributed by atoms with Gasteiger partial charge in [-0.15, -0.1) is 10.2 Å². The van der Waals surface area contributed by atoms with Crippen molar-refractivity contribution in [1.82, 2.24) is 24.6 Å². The lowest BCUT2D eigenvalue weighted by atomic mass is 10.1. The van der Waals surface area contributed by atoms with Crippen LogP contribution in [0.3, 0.4) is 0 Å². The van der Waals surface area contributed by atoms with E-state index in [0.29, 0.717) is 25.0 Å². The number of benzene rings is 1. The van der Waals surface area contributed by atoms with Crippen LogP contribution in [0.2, 0.25) is 0 Å². The van der Waals surface area contributed by atoms with E-state index in [1.165, 1.54) is 0 Å². The van der Waals surface area contributed by atoms with E-state index in [9.17, 15) is 4.79 Å². The fraction of sp³-hybridized carbons (Fsp3) is 0.591. The summed E-state index contributed by atoms with van der Waals surface area (Å²) in [6, 6.07) is 6.66. The summed E-state index contributed by atoms with van der Waals surface area (Å²) in [5, 5.41) is 9.03. The average molecular weight is 382 g/mol. The molecule has 0 radical (unpaired) electrons. The van der Waals surface area contributed by atoms with Crippen LogP contribution < -0.4 is 0 Å². The number of rotatable bonds is 3. The van der Waals surface area contributed by atoms with Crippen LogP contribution in [0.15, 0.2) is 18.2 Å². The lowest BCUT2D eigenvalue weighted by Gasteiger charge is -2.21. The fourth-order valence-corrected chi connectivity index (χ4v) is 4.60. The van der Waals surface area contributed by atoms with Gasteiger partial charge >= 0.3 is 0 Å². The number of nitrogens with zero attached hydrogens (tertiary/aromatic N) is 5. The van der Waals surface area contributed by atoms with Gasteiger partial charge in [0.25, 0.3) is 5.91 Å². The first-order valence-corrected chi connectivity index (χ1v) is 10.5. The van der Waals surface area contributed by atoms with Crippen LogP contribution in [0.5, 0.6) is 0 Å². The van der Waals surface area contributed by atoms with Crippen LogP contribution in [0.1, 0.15) is 59.3 Å². The number of carbonyl (C=O) groups is 1. The minimum absolute atomic E-state index is 0.124. The van der Waals surface area contributed by atoms with Crippen LogP contribution in [0.4, 0.5) is 0 Å². The molecule has 0 N–H and O–H groups in total. The van der Waals surface area contributed by atoms with E-state index in [-0.39, 0.29) is 5.91 Å². The Balaban J connectivity index is 1.49. The van der Waals surface area contributed by atoms with Gasteiger partial charge in [-0.1, -0.05) is 17.2 Å². The SMILES string of the molecule is Cc1cc(C)cc(C(=O)N2CCc3nnc(C4CCN(C(C)C)C4)n3CC2)c1. The van der Waals surface area contributed by atoms with Gasteiger partial charge in [0.15, 0.2) is 0 Å². The molecule has 150 valence electrons. The molecule has 6 nitrogen and oxygen atoms in total. The summed E-state index contributed by atoms with van der Waals surface area (Å²) >= 11 is 0. The molecule has 1 aromatic carbocycles. The van der Waals surface area contributed by atoms with E-state index in [4.69, 9.17) is 0 Å². The van der Waals surface area contributed by atoms with Crippen molar-refractivity contribution in [2.45, 2.75) is 59.0 Å². The molecule has 6 heteroatoms. The molecule has 28 heavy (non-hydrogen) atoms. The Bertz CT molecular complexity index is 852. The van der Waals surface area contributed by atoms with Crippen molar-refractivity contribution in [3.63, 3.8) is 0 Å². The molecule has 0 bridgehead atoms. The summed E-state index contributed by atoms with van der Waals surface area (Å²) in [4.78, 5) is 17.5. The zero-order chi connectivity index (χ0) is 19.8. The number of carbonyl (C=O) groups excluding carboxylic acids is 1. The van der Waals surface area contributed by atoms with Crippen molar-refractivity contribution in [3.05, 3.63) is 46.5 Å². The minimum Gasteiger partial charge on any atom is -0.336 e. The maximum Gasteiger partial charge on any atom is 0.253 e. The molecule has 0 spiro atoms. The van der Waals surface area contributed by atoms with Gasteiger partial charge in [0.05, 0.1) is 0 Å². The van der Waals surface area contributed by atoms with Gasteiger partial charge in [-0.2, -0.15) is 0 Å². The molecule has 1 aromatic heterocycles. The third-order valence-corrected chi connectivity index (χ3v) is 6.13. The third-order valence-electron chi connectivity index (χ3n) is 6.13. The zero-order valence-corrected chi connectivity index (χ0v) is 17.5. The van der Waals surface area contributed by atoms with Crippen LogP contribution in [-0.2, 0) is 13.0 Å². The first-order valence-electron chi connectivity index (χ1n) is 10.5. The second kappa shape index (κ2) is 7.66. The van der Waals surface area contributed by atoms with Crippen molar-refractivity contribution < 1.29 is 4.79 Å². The number of aromatic nitrogens is 3. The number of likely N-dealkylation sites (tertiary alicyclic amines) is 1. The second-order valence-electron chi connectivity index (χ2n) is 8.62. The second-order valence-corrected chi connectivity index (χ2v) is 8.62. The van der Waals surface area contributed by atoms with E-state index in [0.717, 1.165) is 60.8 Å². The van der Waals surface area contributed by atoms with Crippen molar-refractivity contribution in [3.8, 4) is 0 Å². The largest absolute Gasteiger partial charge is 0.336 e. The molecule has 0 aliphatic carbocycles. The number of fused-ring (bicyclic) bond motifs is 1. The van der Waals surface area contributed by atoms with Crippen LogP contribution in [0, 0.1) is 13.8 Å². The van der Waals surface area contributed by atoms with E-state index in [1.54, 1.807) is 0 Å². The monoisotopic (exact) mass is 381 g/mol. The molecule has 0 saturated carbocycles. The van der Waals surface area contributed by atoms with Gasteiger partial charge in [-0.3, -0.25) is 4.79 Å². The molecule has 4 rings (SSSR count). The van der Waals surface area contributed by atoms with E-state index >= 15 is 0 Å². The number of amides is 1. The topological polar surface area (TPSA) is 54.3 Å². The molecular formula is C22H31N5O. The van der Waals surface area contributed by atoms with Gasteiger partial charge in [0.2, 0.25) is 0 Å². The number of hydrogen-bond donors (Lipinski definition) is 0. The highest BCUT2D eigenvalue weighted by molar-refractivity contribution is 5.94. The van der Waals surface area contributed by atoms with Crippen molar-refractivity contribution in [2.75, 3.05) is 26.2 Å². The van der Waals surface area contributed by atoms with E-state index < -0.39 is 0 Å². The Morgan fingerprint density at radius 2 is 1.79 bits per heavy atom. The van der Waals surface area contributed by atoms with Crippen LogP contribution in [-0.4, -0.2) is 62.7 Å². The molecule has 1 fully saturated rings. The standard InChI is InChI=1S/C22H31N5O/c1-15(2)26-7-5-18(14-26)21-24-23-20-6-8-25(9-10-27(20)21)22(28)19-12-16(3)11-17(4)13-19/h11-13,15,18H,5-10,14H2,1-4H3. The Labute approximate surface area is 167 Å². The average Bonchev–Trinajstić information content (AvgIpc) is 3.23. The van der Waals surface area contributed by atoms with Gasteiger partial charge in [-0.05, 0) is 52.8 Å². The van der Waals surface area contributed by atoms with Gasteiger partial charge in [0.1, 0.15) is 11.6 Å². The van der Waals surface area contributed by atoms with E-state index in [2.05, 4.69) is 39.6 Å². The van der Waals surface area contributed by atoms with Crippen LogP contribution >= 0.6 is 0 Å². The Morgan fingerprint density at radius 3 is 2.46 bits per heavy atom. The maximum atomic E-state index is 13.1. The van der Waals surface area contributed by atoms with Crippen LogP contribution in [0.25, 0.3) is 0 Å². The van der Waals surface area contributed by atoms with Crippen molar-refractivity contribution in [2.24, 2.45) is 0 Å². The molecule has 1 saturated heterocycles. The predicted molar refractivity (Wildman–Crippen MR) is 110 cm³/mol. The summed E-state index contributed by atoms with van der Waals surface area (Å²) in [5.74, 6) is 2.71.